The van der Waals surface area contributed by atoms with Crippen LogP contribution in [0.5, 0.6) is 5.75 Å². The van der Waals surface area contributed by atoms with Crippen molar-refractivity contribution in [2.75, 3.05) is 53.4 Å². The lowest BCUT2D eigenvalue weighted by molar-refractivity contribution is 0.104. The molecule has 1 fully saturated rings. The van der Waals surface area contributed by atoms with Gasteiger partial charge in [0.25, 0.3) is 0 Å². The van der Waals surface area contributed by atoms with Gasteiger partial charge in [-0.2, -0.15) is 0 Å². The Hall–Kier alpha value is -3.13. The topological polar surface area (TPSA) is 36.0 Å². The second-order valence-corrected chi connectivity index (χ2v) is 11.2. The molecule has 1 heterocycles. The first-order valence-electron chi connectivity index (χ1n) is 14.1. The Balaban J connectivity index is 1.49. The Bertz CT molecular complexity index is 1240. The summed E-state index contributed by atoms with van der Waals surface area (Å²) >= 11 is 0. The molecule has 1 aliphatic heterocycles. The number of hydrogen-bond donors (Lipinski definition) is 0. The molecule has 4 rings (SSSR count). The number of benzene rings is 2. The number of halogens is 2. The van der Waals surface area contributed by atoms with Gasteiger partial charge in [-0.1, -0.05) is 50.2 Å². The van der Waals surface area contributed by atoms with E-state index in [9.17, 15) is 13.6 Å². The molecule has 0 bridgehead atoms. The summed E-state index contributed by atoms with van der Waals surface area (Å²) in [4.78, 5) is 20.3. The molecule has 5 nitrogen and oxygen atoms in total. The number of piperazine rings is 1. The third-order valence-electron chi connectivity index (χ3n) is 7.50. The number of ether oxygens (including phenoxy) is 1. The van der Waals surface area contributed by atoms with Crippen molar-refractivity contribution in [3.05, 3.63) is 111 Å². The van der Waals surface area contributed by atoms with E-state index >= 15 is 0 Å². The fourth-order valence-corrected chi connectivity index (χ4v) is 5.17. The largest absolute Gasteiger partial charge is 0.489 e. The monoisotopic (exact) mass is 549 g/mol. The number of rotatable bonds is 11. The highest BCUT2D eigenvalue weighted by Crippen LogP contribution is 2.30. The van der Waals surface area contributed by atoms with Gasteiger partial charge in [0.2, 0.25) is 5.43 Å². The summed E-state index contributed by atoms with van der Waals surface area (Å²) in [5.74, 6) is 0.144. The van der Waals surface area contributed by atoms with E-state index in [4.69, 9.17) is 4.74 Å². The van der Waals surface area contributed by atoms with Gasteiger partial charge in [0.1, 0.15) is 11.6 Å². The zero-order chi connectivity index (χ0) is 28.6. The third-order valence-corrected chi connectivity index (χ3v) is 7.50. The first-order valence-corrected chi connectivity index (χ1v) is 14.1. The lowest BCUT2D eigenvalue weighted by Crippen LogP contribution is -2.47. The Kier molecular flexibility index (Phi) is 10.4. The van der Waals surface area contributed by atoms with Gasteiger partial charge in [-0.25, -0.2) is 8.78 Å². The summed E-state index contributed by atoms with van der Waals surface area (Å²) in [5, 5.41) is 0. The molecule has 1 saturated heterocycles. The average Bonchev–Trinajstić information content (AvgIpc) is 3.08. The number of nitrogens with zero attached hydrogens (tertiary/aromatic N) is 3. The van der Waals surface area contributed by atoms with E-state index in [1.54, 1.807) is 24.3 Å². The van der Waals surface area contributed by atoms with Crippen LogP contribution in [0.3, 0.4) is 0 Å². The zero-order valence-corrected chi connectivity index (χ0v) is 24.1. The molecule has 7 heteroatoms. The van der Waals surface area contributed by atoms with Gasteiger partial charge in [0.05, 0.1) is 12.6 Å². The van der Waals surface area contributed by atoms with Crippen molar-refractivity contribution in [3.63, 3.8) is 0 Å². The zero-order valence-electron chi connectivity index (χ0n) is 24.1. The lowest BCUT2D eigenvalue weighted by Gasteiger charge is -2.39. The Morgan fingerprint density at radius 3 is 1.90 bits per heavy atom. The second kappa shape index (κ2) is 14.0. The molecule has 0 unspecified atom stereocenters. The van der Waals surface area contributed by atoms with Crippen LogP contribution in [0.2, 0.25) is 0 Å². The van der Waals surface area contributed by atoms with E-state index in [0.29, 0.717) is 18.9 Å². The normalized spacial score (nSPS) is 14.8. The van der Waals surface area contributed by atoms with Crippen LogP contribution in [-0.4, -0.2) is 68.1 Å². The van der Waals surface area contributed by atoms with Crippen LogP contribution < -0.4 is 10.2 Å². The molecule has 0 aliphatic carbocycles. The summed E-state index contributed by atoms with van der Waals surface area (Å²) < 4.78 is 33.4. The van der Waals surface area contributed by atoms with Gasteiger partial charge in [-0.05, 0) is 73.5 Å². The van der Waals surface area contributed by atoms with Crippen molar-refractivity contribution in [3.8, 4) is 5.75 Å². The van der Waals surface area contributed by atoms with Crippen LogP contribution in [0.1, 0.15) is 54.5 Å². The highest BCUT2D eigenvalue weighted by atomic mass is 19.1. The van der Waals surface area contributed by atoms with E-state index in [1.165, 1.54) is 24.3 Å². The van der Waals surface area contributed by atoms with Crippen LogP contribution in [0.25, 0.3) is 0 Å². The maximum atomic E-state index is 13.7. The van der Waals surface area contributed by atoms with Crippen LogP contribution in [-0.2, 0) is 6.54 Å². The van der Waals surface area contributed by atoms with Crippen molar-refractivity contribution in [1.82, 2.24) is 14.7 Å². The Morgan fingerprint density at radius 2 is 1.38 bits per heavy atom. The molecule has 3 aromatic rings. The average molecular weight is 550 g/mol. The summed E-state index contributed by atoms with van der Waals surface area (Å²) in [5.41, 5.74) is 3.70. The van der Waals surface area contributed by atoms with Crippen molar-refractivity contribution in [2.24, 2.45) is 0 Å². The fourth-order valence-electron chi connectivity index (χ4n) is 5.17. The molecule has 0 radical (unpaired) electrons. The molecule has 214 valence electrons. The predicted molar refractivity (Wildman–Crippen MR) is 157 cm³/mol. The van der Waals surface area contributed by atoms with E-state index < -0.39 is 0 Å². The molecule has 1 aliphatic rings. The maximum absolute atomic E-state index is 13.7. The first-order chi connectivity index (χ1) is 19.2. The molecule has 0 atom stereocenters. The van der Waals surface area contributed by atoms with E-state index in [2.05, 4.69) is 28.5 Å². The number of hydrogen-bond acceptors (Lipinski definition) is 5. The van der Waals surface area contributed by atoms with Crippen molar-refractivity contribution < 1.29 is 13.5 Å². The van der Waals surface area contributed by atoms with Gasteiger partial charge in [0, 0.05) is 44.8 Å². The first kappa shape index (κ1) is 29.8. The molecule has 40 heavy (non-hydrogen) atoms. The standard InChI is InChI=1S/C33H41F2N3O2/c1-24(2)27-6-7-28(33(39)31(22-27)40-21-5-16-36(3)4)23-37-17-19-38(20-18-37)32(25-8-12-29(34)13-9-25)26-10-14-30(35)15-11-26/h6-15,22,24,32H,5,16-21,23H2,1-4H3. The summed E-state index contributed by atoms with van der Waals surface area (Å²) in [6.07, 6.45) is 0.850. The highest BCUT2D eigenvalue weighted by Gasteiger charge is 2.27. The molecule has 0 N–H and O–H groups in total. The van der Waals surface area contributed by atoms with Gasteiger partial charge < -0.3 is 9.64 Å². The van der Waals surface area contributed by atoms with E-state index in [-0.39, 0.29) is 29.0 Å². The van der Waals surface area contributed by atoms with E-state index in [0.717, 1.165) is 61.4 Å². The van der Waals surface area contributed by atoms with Crippen LogP contribution in [0.15, 0.2) is 71.5 Å². The minimum absolute atomic E-state index is 0.0466. The van der Waals surface area contributed by atoms with Crippen molar-refractivity contribution in [2.45, 2.75) is 38.8 Å². The molecule has 0 amide bonds. The summed E-state index contributed by atoms with van der Waals surface area (Å²) in [7, 11) is 4.05. The molecule has 0 saturated carbocycles. The van der Waals surface area contributed by atoms with Crippen molar-refractivity contribution >= 4 is 0 Å². The van der Waals surface area contributed by atoms with Gasteiger partial charge in [-0.15, -0.1) is 0 Å². The quantitative estimate of drug-likeness (QED) is 0.288. The fraction of sp³-hybridized carbons (Fsp3) is 0.424. The van der Waals surface area contributed by atoms with Gasteiger partial charge in [-0.3, -0.25) is 14.6 Å². The lowest BCUT2D eigenvalue weighted by atomic mass is 9.96. The van der Waals surface area contributed by atoms with Crippen molar-refractivity contribution in [1.29, 1.82) is 0 Å². The third kappa shape index (κ3) is 7.96. The maximum Gasteiger partial charge on any atom is 0.224 e. The Labute approximate surface area is 237 Å². The van der Waals surface area contributed by atoms with Crippen LogP contribution in [0, 0.1) is 11.6 Å². The van der Waals surface area contributed by atoms with Crippen LogP contribution in [0.4, 0.5) is 8.78 Å². The van der Waals surface area contributed by atoms with Gasteiger partial charge >= 0.3 is 0 Å². The minimum Gasteiger partial charge on any atom is -0.489 e. The summed E-state index contributed by atoms with van der Waals surface area (Å²) in [6, 6.07) is 18.9. The smallest absolute Gasteiger partial charge is 0.224 e. The second-order valence-electron chi connectivity index (χ2n) is 11.2. The molecule has 0 aromatic heterocycles. The van der Waals surface area contributed by atoms with Crippen LogP contribution >= 0.6 is 0 Å². The van der Waals surface area contributed by atoms with Gasteiger partial charge in [0.15, 0.2) is 5.75 Å². The SMILES string of the molecule is CC(C)c1ccc(CN2CCN(C(c3ccc(F)cc3)c3ccc(F)cc3)CC2)c(=O)c(OCCCN(C)C)c1. The minimum atomic E-state index is -0.280. The highest BCUT2D eigenvalue weighted by molar-refractivity contribution is 5.34. The summed E-state index contributed by atoms with van der Waals surface area (Å²) in [6.45, 7) is 9.25. The predicted octanol–water partition coefficient (Wildman–Crippen LogP) is 5.69. The Morgan fingerprint density at radius 1 is 0.825 bits per heavy atom. The molecular weight excluding hydrogens is 508 g/mol. The molecule has 0 spiro atoms. The molecule has 3 aromatic carbocycles. The van der Waals surface area contributed by atoms with E-state index in [1.807, 2.05) is 32.3 Å². The molecular formula is C33H41F2N3O2.